The summed E-state index contributed by atoms with van der Waals surface area (Å²) in [4.78, 5) is 59.7. The summed E-state index contributed by atoms with van der Waals surface area (Å²) >= 11 is 1.29. The molecule has 0 saturated carbocycles. The Labute approximate surface area is 244 Å². The second-order valence-electron chi connectivity index (χ2n) is 11.2. The molecule has 0 spiro atoms. The summed E-state index contributed by atoms with van der Waals surface area (Å²) in [5, 5.41) is 50.3. The van der Waals surface area contributed by atoms with Gasteiger partial charge in [-0.3, -0.25) is 24.1 Å². The van der Waals surface area contributed by atoms with E-state index in [4.69, 9.17) is 5.73 Å². The van der Waals surface area contributed by atoms with E-state index in [1.807, 2.05) is 0 Å². The molecule has 13 nitrogen and oxygen atoms in total. The Morgan fingerprint density at radius 2 is 1.88 bits per heavy atom. The monoisotopic (exact) mass is 597 g/mol. The predicted molar refractivity (Wildman–Crippen MR) is 152 cm³/mol. The highest BCUT2D eigenvalue weighted by atomic mass is 32.1. The van der Waals surface area contributed by atoms with Crippen molar-refractivity contribution in [2.24, 2.45) is 17.6 Å². The first-order chi connectivity index (χ1) is 19.7. The molecule has 1 aromatic heterocycles. The van der Waals surface area contributed by atoms with Crippen molar-refractivity contribution in [3.05, 3.63) is 56.4 Å². The van der Waals surface area contributed by atoms with Gasteiger partial charge in [-0.2, -0.15) is 0 Å². The molecule has 3 aliphatic rings. The molecule has 3 aliphatic carbocycles. The number of aliphatic hydroxyl groups excluding tert-OH is 2. The number of hydrogen-bond acceptors (Lipinski definition) is 12. The summed E-state index contributed by atoms with van der Waals surface area (Å²) in [6.45, 7) is 0. The first-order valence-electron chi connectivity index (χ1n) is 13.1. The number of aliphatic hydroxyl groups is 3. The van der Waals surface area contributed by atoms with Crippen molar-refractivity contribution in [3.63, 3.8) is 0 Å². The number of hydrogen-bond donors (Lipinski definition) is 6. The third-order valence-corrected chi connectivity index (χ3v) is 9.03. The molecule has 7 N–H and O–H groups in total. The summed E-state index contributed by atoms with van der Waals surface area (Å²) in [5.74, 6) is -7.85. The number of primary amides is 1. The lowest BCUT2D eigenvalue weighted by atomic mass is 9.58. The van der Waals surface area contributed by atoms with Crippen LogP contribution >= 0.6 is 11.3 Å². The second kappa shape index (κ2) is 10.2. The van der Waals surface area contributed by atoms with Gasteiger partial charge < -0.3 is 36.4 Å². The summed E-state index contributed by atoms with van der Waals surface area (Å²) in [6, 6.07) is 0.475. The number of ketones is 2. The lowest BCUT2D eigenvalue weighted by molar-refractivity contribution is -0.148. The average molecular weight is 598 g/mol. The van der Waals surface area contributed by atoms with Crippen molar-refractivity contribution >= 4 is 46.1 Å². The molecule has 2 aromatic rings. The summed E-state index contributed by atoms with van der Waals surface area (Å²) in [5.41, 5.74) is 2.25. The number of anilines is 2. The number of allylic oxidation sites excluding steroid dienone is 1. The van der Waals surface area contributed by atoms with Crippen molar-refractivity contribution in [1.29, 1.82) is 0 Å². The zero-order valence-electron chi connectivity index (χ0n) is 23.3. The topological polar surface area (TPSA) is 207 Å². The number of fused-ring (bicyclic) bond motifs is 3. The maximum absolute atomic E-state index is 14.1. The number of likely N-dealkylation sites (N-methyl/N-ethyl adjacent to an activating group) is 1. The minimum Gasteiger partial charge on any atom is -0.510 e. The minimum atomic E-state index is -2.73. The van der Waals surface area contributed by atoms with Crippen LogP contribution < -0.4 is 16.0 Å². The van der Waals surface area contributed by atoms with E-state index < -0.39 is 69.7 Å². The van der Waals surface area contributed by atoms with Crippen molar-refractivity contribution < 1.29 is 39.6 Å². The van der Waals surface area contributed by atoms with E-state index in [0.717, 1.165) is 0 Å². The van der Waals surface area contributed by atoms with Gasteiger partial charge in [-0.15, -0.1) is 11.3 Å². The molecule has 0 aliphatic heterocycles. The quantitative estimate of drug-likeness (QED) is 0.203. The molecule has 0 radical (unpaired) electrons. The van der Waals surface area contributed by atoms with Crippen LogP contribution in [0.3, 0.4) is 0 Å². The fourth-order valence-electron chi connectivity index (χ4n) is 6.47. The number of carbonyl (C=O) groups excluding carboxylic acids is 4. The molecule has 5 rings (SSSR count). The lowest BCUT2D eigenvalue weighted by Crippen LogP contribution is -2.63. The van der Waals surface area contributed by atoms with Crippen LogP contribution in [0.5, 0.6) is 5.75 Å². The van der Waals surface area contributed by atoms with E-state index in [0.29, 0.717) is 16.3 Å². The number of nitrogens with two attached hydrogens (primary N) is 1. The van der Waals surface area contributed by atoms with Crippen LogP contribution in [0, 0.1) is 11.8 Å². The van der Waals surface area contributed by atoms with Gasteiger partial charge in [0.2, 0.25) is 11.7 Å². The molecule has 0 saturated heterocycles. The number of rotatable bonds is 6. The third kappa shape index (κ3) is 4.25. The normalized spacial score (nSPS) is 25.2. The lowest BCUT2D eigenvalue weighted by Gasteiger charge is -2.50. The number of nitrogens with zero attached hydrogens (tertiary/aromatic N) is 3. The average Bonchev–Trinajstić information content (AvgIpc) is 3.40. The SMILES string of the molecule is CN(C)c1cc(NC(=O)Cc2nccs2)c(O)c2c1CC1CC3C(N(C)C)C(O)=C(C(N)=O)C(=O)C3(O)C(O)=C1C2=O. The number of phenolic OH excluding ortho intramolecular Hbond substituents is 1. The van der Waals surface area contributed by atoms with E-state index in [-0.39, 0.29) is 36.1 Å². The van der Waals surface area contributed by atoms with Crippen LogP contribution in [-0.2, 0) is 27.2 Å². The molecule has 14 heteroatoms. The molecule has 4 atom stereocenters. The molecule has 1 aromatic carbocycles. The fraction of sp³-hybridized carbons (Fsp3) is 0.393. The van der Waals surface area contributed by atoms with Gasteiger partial charge in [0.05, 0.1) is 23.7 Å². The zero-order valence-corrected chi connectivity index (χ0v) is 24.2. The third-order valence-electron chi connectivity index (χ3n) is 8.25. The summed E-state index contributed by atoms with van der Waals surface area (Å²) in [7, 11) is 6.60. The fourth-order valence-corrected chi connectivity index (χ4v) is 7.08. The molecular weight excluding hydrogens is 566 g/mol. The zero-order chi connectivity index (χ0) is 30.8. The molecule has 2 amide bonds. The highest BCUT2D eigenvalue weighted by molar-refractivity contribution is 7.09. The second-order valence-corrected chi connectivity index (χ2v) is 12.1. The Bertz CT molecular complexity index is 1600. The standard InChI is InChI=1S/C28H31N5O8S/c1-32(2)15-9-14(31-16(34)10-17-30-5-6-42-17)22(35)19-12(15)7-11-8-13-21(33(3)4)24(37)20(27(29)40)26(39)28(13,41)25(38)18(11)23(19)36/h5-6,9,11,13,21,35,37-38,41H,7-8,10H2,1-4H3,(H2,29,40)(H,31,34). The maximum Gasteiger partial charge on any atom is 0.255 e. The van der Waals surface area contributed by atoms with Gasteiger partial charge in [0.1, 0.15) is 22.1 Å². The summed E-state index contributed by atoms with van der Waals surface area (Å²) in [6.07, 6.45) is 1.61. The largest absolute Gasteiger partial charge is 0.510 e. The number of carbonyl (C=O) groups is 4. The van der Waals surface area contributed by atoms with Crippen LogP contribution in [0.1, 0.15) is 27.3 Å². The van der Waals surface area contributed by atoms with Crippen LogP contribution in [-0.4, -0.2) is 93.5 Å². The van der Waals surface area contributed by atoms with Gasteiger partial charge in [0, 0.05) is 42.9 Å². The maximum atomic E-state index is 14.1. The molecule has 0 fully saturated rings. The van der Waals surface area contributed by atoms with Crippen LogP contribution in [0.2, 0.25) is 0 Å². The highest BCUT2D eigenvalue weighted by Crippen LogP contribution is 2.53. The number of nitrogens with one attached hydrogen (secondary N) is 1. The van der Waals surface area contributed by atoms with Crippen molar-refractivity contribution in [1.82, 2.24) is 9.88 Å². The van der Waals surface area contributed by atoms with Gasteiger partial charge in [-0.05, 0) is 44.5 Å². The smallest absolute Gasteiger partial charge is 0.255 e. The Morgan fingerprint density at radius 3 is 2.45 bits per heavy atom. The molecular formula is C28H31N5O8S. The van der Waals surface area contributed by atoms with Gasteiger partial charge in [-0.25, -0.2) is 4.98 Å². The Balaban J connectivity index is 1.65. The van der Waals surface area contributed by atoms with Gasteiger partial charge in [0.25, 0.3) is 5.91 Å². The van der Waals surface area contributed by atoms with Gasteiger partial charge in [-0.1, -0.05) is 0 Å². The van der Waals surface area contributed by atoms with Crippen LogP contribution in [0.25, 0.3) is 0 Å². The van der Waals surface area contributed by atoms with Gasteiger partial charge in [0.15, 0.2) is 17.1 Å². The first kappa shape index (κ1) is 29.2. The summed E-state index contributed by atoms with van der Waals surface area (Å²) < 4.78 is 0. The Hall–Kier alpha value is -4.27. The molecule has 222 valence electrons. The molecule has 0 bridgehead atoms. The van der Waals surface area contributed by atoms with E-state index in [1.165, 1.54) is 16.2 Å². The van der Waals surface area contributed by atoms with Crippen LogP contribution in [0.15, 0.2) is 40.3 Å². The number of aromatic hydroxyl groups is 1. The van der Waals surface area contributed by atoms with E-state index in [9.17, 15) is 39.6 Å². The van der Waals surface area contributed by atoms with Crippen molar-refractivity contribution in [2.45, 2.75) is 30.9 Å². The number of aromatic nitrogens is 1. The minimum absolute atomic E-state index is 0.0221. The first-order valence-corrected chi connectivity index (χ1v) is 14.0. The Kier molecular flexibility index (Phi) is 7.11. The molecule has 4 unspecified atom stereocenters. The van der Waals surface area contributed by atoms with Crippen molar-refractivity contribution in [2.75, 3.05) is 38.4 Å². The number of phenols is 1. The van der Waals surface area contributed by atoms with E-state index in [1.54, 1.807) is 50.7 Å². The Morgan fingerprint density at radius 1 is 1.19 bits per heavy atom. The number of amides is 2. The number of thiazole rings is 1. The molecule has 1 heterocycles. The van der Waals surface area contributed by atoms with E-state index >= 15 is 0 Å². The highest BCUT2D eigenvalue weighted by Gasteiger charge is 2.63. The van der Waals surface area contributed by atoms with Crippen LogP contribution in [0.4, 0.5) is 11.4 Å². The number of Topliss-reactive ketones (excluding diaryl/α,β-unsaturated/α-hetero) is 2. The van der Waals surface area contributed by atoms with Gasteiger partial charge >= 0.3 is 0 Å². The van der Waals surface area contributed by atoms with E-state index in [2.05, 4.69) is 10.3 Å². The molecule has 42 heavy (non-hydrogen) atoms. The number of benzene rings is 1. The van der Waals surface area contributed by atoms with Crippen molar-refractivity contribution in [3.8, 4) is 5.75 Å². The predicted octanol–water partition coefficient (Wildman–Crippen LogP) is 0.824.